The lowest BCUT2D eigenvalue weighted by Crippen LogP contribution is -2.31. The second kappa shape index (κ2) is 7.34. The maximum absolute atomic E-state index is 12.7. The van der Waals surface area contributed by atoms with Gasteiger partial charge in [0.25, 0.3) is 5.91 Å². The first kappa shape index (κ1) is 19.4. The van der Waals surface area contributed by atoms with Crippen molar-refractivity contribution in [2.45, 2.75) is 25.7 Å². The topological polar surface area (TPSA) is 79.7 Å². The van der Waals surface area contributed by atoms with Crippen molar-refractivity contribution >= 4 is 17.4 Å². The fourth-order valence-electron chi connectivity index (χ4n) is 3.02. The van der Waals surface area contributed by atoms with Crippen LogP contribution >= 0.6 is 0 Å². The molecule has 2 aromatic rings. The van der Waals surface area contributed by atoms with Gasteiger partial charge in [0.15, 0.2) is 11.5 Å². The third kappa shape index (κ3) is 3.68. The molecular weight excluding hydrogens is 377 g/mol. The van der Waals surface area contributed by atoms with Gasteiger partial charge in [0, 0.05) is 24.5 Å². The lowest BCUT2D eigenvalue weighted by molar-refractivity contribution is -0.274. The minimum Gasteiger partial charge on any atom is -0.503 e. The molecule has 146 valence electrons. The number of aromatic nitrogens is 1. The number of benzene rings is 1. The van der Waals surface area contributed by atoms with E-state index in [-0.39, 0.29) is 17.7 Å². The summed E-state index contributed by atoms with van der Waals surface area (Å²) in [6.07, 6.45) is -1.82. The van der Waals surface area contributed by atoms with E-state index in [0.29, 0.717) is 5.56 Å². The lowest BCUT2D eigenvalue weighted by atomic mass is 9.95. The van der Waals surface area contributed by atoms with Crippen LogP contribution in [0.25, 0.3) is 0 Å². The van der Waals surface area contributed by atoms with Crippen LogP contribution in [0.2, 0.25) is 0 Å². The zero-order valence-corrected chi connectivity index (χ0v) is 14.6. The van der Waals surface area contributed by atoms with Gasteiger partial charge >= 0.3 is 6.36 Å². The number of carbonyl (C=O) groups excluding carboxylic acids is 2. The normalized spacial score (nSPS) is 17.2. The molecule has 1 unspecified atom stereocenters. The fourth-order valence-corrected chi connectivity index (χ4v) is 3.02. The molecule has 6 nitrogen and oxygen atoms in total. The van der Waals surface area contributed by atoms with Crippen LogP contribution in [0.5, 0.6) is 5.75 Å². The summed E-state index contributed by atoms with van der Waals surface area (Å²) >= 11 is 0. The van der Waals surface area contributed by atoms with E-state index in [0.717, 1.165) is 17.0 Å². The second-order valence-corrected chi connectivity index (χ2v) is 5.94. The van der Waals surface area contributed by atoms with E-state index >= 15 is 0 Å². The first-order valence-electron chi connectivity index (χ1n) is 8.28. The molecule has 0 radical (unpaired) electrons. The highest BCUT2D eigenvalue weighted by Gasteiger charge is 2.43. The van der Waals surface area contributed by atoms with Crippen LogP contribution in [-0.4, -0.2) is 28.1 Å². The van der Waals surface area contributed by atoms with Crippen LogP contribution in [0, 0.1) is 0 Å². The summed E-state index contributed by atoms with van der Waals surface area (Å²) in [5.74, 6) is -2.36. The number of aliphatic hydroxyl groups excluding tert-OH is 1. The first-order chi connectivity index (χ1) is 13.2. The summed E-state index contributed by atoms with van der Waals surface area (Å²) in [4.78, 5) is 30.1. The molecule has 0 fully saturated rings. The fraction of sp³-hybridized carbons (Fsp3) is 0.211. The summed E-state index contributed by atoms with van der Waals surface area (Å²) < 4.78 is 40.9. The second-order valence-electron chi connectivity index (χ2n) is 5.94. The molecule has 0 aliphatic carbocycles. The smallest absolute Gasteiger partial charge is 0.503 e. The van der Waals surface area contributed by atoms with Crippen molar-refractivity contribution < 1.29 is 32.6 Å². The maximum atomic E-state index is 12.7. The number of Topliss-reactive ketones (excluding diaryl/α,β-unsaturated/α-hetero) is 1. The van der Waals surface area contributed by atoms with Crippen LogP contribution in [0.3, 0.4) is 0 Å². The predicted molar refractivity (Wildman–Crippen MR) is 92.5 cm³/mol. The van der Waals surface area contributed by atoms with Crippen molar-refractivity contribution in [1.29, 1.82) is 0 Å². The molecule has 28 heavy (non-hydrogen) atoms. The number of anilines is 1. The number of hydrogen-bond donors (Lipinski definition) is 1. The molecule has 1 aromatic carbocycles. The van der Waals surface area contributed by atoms with E-state index in [1.54, 1.807) is 19.1 Å². The predicted octanol–water partition coefficient (Wildman–Crippen LogP) is 3.86. The van der Waals surface area contributed by atoms with Gasteiger partial charge in [-0.3, -0.25) is 19.5 Å². The van der Waals surface area contributed by atoms with Gasteiger partial charge in [-0.15, -0.1) is 13.2 Å². The Morgan fingerprint density at radius 1 is 1.18 bits per heavy atom. The van der Waals surface area contributed by atoms with E-state index < -0.39 is 35.6 Å². The van der Waals surface area contributed by atoms with Crippen LogP contribution in [0.1, 0.15) is 24.9 Å². The number of ether oxygens (including phenoxy) is 1. The van der Waals surface area contributed by atoms with E-state index in [1.807, 2.05) is 0 Å². The molecule has 1 amide bonds. The molecule has 0 spiro atoms. The van der Waals surface area contributed by atoms with Crippen LogP contribution < -0.4 is 9.64 Å². The van der Waals surface area contributed by atoms with Crippen molar-refractivity contribution in [1.82, 2.24) is 4.98 Å². The Morgan fingerprint density at radius 3 is 2.32 bits per heavy atom. The molecule has 2 heterocycles. The molecule has 0 bridgehead atoms. The highest BCUT2D eigenvalue weighted by atomic mass is 19.4. The molecular formula is C19H15F3N2O4. The molecule has 1 aliphatic heterocycles. The number of amides is 1. The number of nitrogens with zero attached hydrogens (tertiary/aromatic N) is 2. The number of carbonyl (C=O) groups is 2. The van der Waals surface area contributed by atoms with Crippen molar-refractivity contribution in [3.63, 3.8) is 0 Å². The van der Waals surface area contributed by atoms with Gasteiger partial charge in [0.2, 0.25) is 0 Å². The average Bonchev–Trinajstić information content (AvgIpc) is 2.92. The van der Waals surface area contributed by atoms with E-state index in [9.17, 15) is 27.9 Å². The first-order valence-corrected chi connectivity index (χ1v) is 8.28. The summed E-state index contributed by atoms with van der Waals surface area (Å²) in [6, 6.07) is 6.87. The van der Waals surface area contributed by atoms with Crippen molar-refractivity contribution in [2.24, 2.45) is 0 Å². The standard InChI is InChI=1S/C19H15F3N2O4/c1-2-14(25)15-16(11-7-9-23-10-8-11)24(18(27)17(15)26)12-3-5-13(6-4-12)28-19(20,21)22/h3-10,16,26H,2H2,1H3. The molecule has 1 aromatic heterocycles. The summed E-state index contributed by atoms with van der Waals surface area (Å²) in [5.41, 5.74) is 0.668. The Bertz CT molecular complexity index is 924. The Kier molecular flexibility index (Phi) is 5.08. The van der Waals surface area contributed by atoms with E-state index in [1.165, 1.54) is 24.5 Å². The van der Waals surface area contributed by atoms with Gasteiger partial charge in [-0.25, -0.2) is 0 Å². The quantitative estimate of drug-likeness (QED) is 0.836. The van der Waals surface area contributed by atoms with Gasteiger partial charge in [-0.1, -0.05) is 6.92 Å². The summed E-state index contributed by atoms with van der Waals surface area (Å²) in [5, 5.41) is 10.3. The van der Waals surface area contributed by atoms with E-state index in [4.69, 9.17) is 0 Å². The van der Waals surface area contributed by atoms with Crippen LogP contribution in [0.15, 0.2) is 60.1 Å². The molecule has 0 saturated heterocycles. The minimum atomic E-state index is -4.84. The summed E-state index contributed by atoms with van der Waals surface area (Å²) in [6.45, 7) is 1.60. The third-order valence-corrected chi connectivity index (χ3v) is 4.20. The average molecular weight is 392 g/mol. The number of rotatable bonds is 5. The number of ketones is 1. The molecule has 3 rings (SSSR count). The lowest BCUT2D eigenvalue weighted by Gasteiger charge is -2.27. The van der Waals surface area contributed by atoms with Crippen molar-refractivity contribution in [3.8, 4) is 5.75 Å². The molecule has 1 aliphatic rings. The van der Waals surface area contributed by atoms with Crippen LogP contribution in [0.4, 0.5) is 18.9 Å². The third-order valence-electron chi connectivity index (χ3n) is 4.20. The molecule has 0 saturated carbocycles. The Balaban J connectivity index is 2.04. The molecule has 9 heteroatoms. The van der Waals surface area contributed by atoms with Crippen molar-refractivity contribution in [3.05, 3.63) is 65.7 Å². The number of pyridine rings is 1. The molecule has 1 atom stereocenters. The Hall–Kier alpha value is -3.36. The zero-order chi connectivity index (χ0) is 20.5. The van der Waals surface area contributed by atoms with Crippen molar-refractivity contribution in [2.75, 3.05) is 4.90 Å². The SMILES string of the molecule is CCC(=O)C1=C(O)C(=O)N(c2ccc(OC(F)(F)F)cc2)C1c1ccncc1. The van der Waals surface area contributed by atoms with Gasteiger partial charge in [-0.05, 0) is 42.0 Å². The monoisotopic (exact) mass is 392 g/mol. The van der Waals surface area contributed by atoms with Gasteiger partial charge in [0.1, 0.15) is 5.75 Å². The largest absolute Gasteiger partial charge is 0.573 e. The molecule has 1 N–H and O–H groups in total. The Labute approximate surface area is 157 Å². The summed E-state index contributed by atoms with van der Waals surface area (Å²) in [7, 11) is 0. The van der Waals surface area contributed by atoms with Gasteiger partial charge < -0.3 is 9.84 Å². The number of aliphatic hydroxyl groups is 1. The van der Waals surface area contributed by atoms with Crippen LogP contribution in [-0.2, 0) is 9.59 Å². The Morgan fingerprint density at radius 2 is 1.79 bits per heavy atom. The van der Waals surface area contributed by atoms with E-state index in [2.05, 4.69) is 9.72 Å². The highest BCUT2D eigenvalue weighted by molar-refractivity contribution is 6.16. The van der Waals surface area contributed by atoms with Gasteiger partial charge in [0.05, 0.1) is 11.6 Å². The number of halogens is 3. The minimum absolute atomic E-state index is 0.0608. The zero-order valence-electron chi connectivity index (χ0n) is 14.6. The number of alkyl halides is 3. The highest BCUT2D eigenvalue weighted by Crippen LogP contribution is 2.41. The maximum Gasteiger partial charge on any atom is 0.573 e. The number of hydrogen-bond acceptors (Lipinski definition) is 5. The van der Waals surface area contributed by atoms with Gasteiger partial charge in [-0.2, -0.15) is 0 Å².